The third kappa shape index (κ3) is 2.50. The van der Waals surface area contributed by atoms with Gasteiger partial charge in [-0.05, 0) is 46.8 Å². The lowest BCUT2D eigenvalue weighted by atomic mass is 10.2. The van der Waals surface area contributed by atoms with Crippen molar-refractivity contribution in [2.45, 2.75) is 47.2 Å². The predicted molar refractivity (Wildman–Crippen MR) is 86.0 cm³/mol. The average molecular weight is 309 g/mol. The normalized spacial score (nSPS) is 12.8. The van der Waals surface area contributed by atoms with Crippen LogP contribution in [0, 0.1) is 11.7 Å². The highest BCUT2D eigenvalue weighted by Crippen LogP contribution is 2.23. The van der Waals surface area contributed by atoms with Gasteiger partial charge in [0.05, 0.1) is 5.69 Å². The summed E-state index contributed by atoms with van der Waals surface area (Å²) in [5.74, 6) is 0.0820. The molecule has 0 spiro atoms. The predicted octanol–water partition coefficient (Wildman–Crippen LogP) is 2.65. The zero-order valence-corrected chi connectivity index (χ0v) is 14.1. The lowest BCUT2D eigenvalue weighted by Crippen LogP contribution is -2.36. The molecule has 2 aromatic rings. The molecule has 0 aliphatic heterocycles. The Kier molecular flexibility index (Phi) is 4.51. The van der Waals surface area contributed by atoms with E-state index in [1.165, 1.54) is 0 Å². The van der Waals surface area contributed by atoms with Gasteiger partial charge in [0.1, 0.15) is 11.6 Å². The number of aromatic amines is 1. The summed E-state index contributed by atoms with van der Waals surface area (Å²) in [6.45, 7) is 12.0. The van der Waals surface area contributed by atoms with Gasteiger partial charge in [0.2, 0.25) is 5.91 Å². The van der Waals surface area contributed by atoms with Crippen molar-refractivity contribution in [3.8, 4) is 0 Å². The van der Waals surface area contributed by atoms with E-state index < -0.39 is 0 Å². The number of hydrogen-bond acceptors (Lipinski definition) is 3. The van der Waals surface area contributed by atoms with Gasteiger partial charge in [-0.2, -0.15) is 5.10 Å². The Bertz CT molecular complexity index is 707. The van der Waals surface area contributed by atoms with Crippen molar-refractivity contribution in [2.75, 3.05) is 13.1 Å². The first-order valence-corrected chi connectivity index (χ1v) is 7.83. The number of carbonyl (C=O) groups excluding carboxylic acids is 1. The van der Waals surface area contributed by atoms with Crippen LogP contribution in [0.25, 0.3) is 11.2 Å². The van der Waals surface area contributed by atoms with Crippen molar-refractivity contribution in [1.82, 2.24) is 24.2 Å². The number of nitrogens with zero attached hydrogens (tertiary/aromatic N) is 4. The summed E-state index contributed by atoms with van der Waals surface area (Å²) < 4.78 is 4.35. The molecular formula is C14H23N5OS. The number of imidazole rings is 1. The Morgan fingerprint density at radius 2 is 2.00 bits per heavy atom. The van der Waals surface area contributed by atoms with Gasteiger partial charge in [-0.15, -0.1) is 0 Å². The van der Waals surface area contributed by atoms with Crippen LogP contribution in [0.4, 0.5) is 0 Å². The number of fused-ring (bicyclic) bond motifs is 1. The van der Waals surface area contributed by atoms with Gasteiger partial charge in [0.25, 0.3) is 0 Å². The molecule has 1 atom stereocenters. The van der Waals surface area contributed by atoms with Crippen LogP contribution in [-0.2, 0) is 11.3 Å². The zero-order chi connectivity index (χ0) is 15.7. The summed E-state index contributed by atoms with van der Waals surface area (Å²) in [5.41, 5.74) is 2.72. The molecule has 116 valence electrons. The highest BCUT2D eigenvalue weighted by Gasteiger charge is 2.25. The van der Waals surface area contributed by atoms with Crippen molar-refractivity contribution in [3.05, 3.63) is 10.5 Å². The highest BCUT2D eigenvalue weighted by molar-refractivity contribution is 7.71. The summed E-state index contributed by atoms with van der Waals surface area (Å²) in [4.78, 5) is 17.6. The van der Waals surface area contributed by atoms with Gasteiger partial charge in [-0.1, -0.05) is 0 Å². The number of hydrogen-bond donors (Lipinski definition) is 1. The van der Waals surface area contributed by atoms with Crippen LogP contribution in [0.5, 0.6) is 0 Å². The first-order chi connectivity index (χ1) is 9.96. The van der Waals surface area contributed by atoms with Gasteiger partial charge in [0, 0.05) is 19.6 Å². The fraction of sp³-hybridized carbons (Fsp3) is 0.643. The molecule has 0 saturated carbocycles. The van der Waals surface area contributed by atoms with Crippen LogP contribution in [-0.4, -0.2) is 43.2 Å². The summed E-state index contributed by atoms with van der Waals surface area (Å²) in [5, 5.41) is 4.49. The fourth-order valence-corrected chi connectivity index (χ4v) is 3.06. The Hall–Kier alpha value is -1.63. The van der Waals surface area contributed by atoms with Crippen molar-refractivity contribution < 1.29 is 4.79 Å². The van der Waals surface area contributed by atoms with E-state index in [0.717, 1.165) is 23.4 Å². The molecule has 0 aliphatic carbocycles. The van der Waals surface area contributed by atoms with E-state index in [4.69, 9.17) is 12.2 Å². The van der Waals surface area contributed by atoms with E-state index in [2.05, 4.69) is 10.1 Å². The van der Waals surface area contributed by atoms with Crippen LogP contribution in [0.3, 0.4) is 0 Å². The molecule has 0 fully saturated rings. The van der Waals surface area contributed by atoms with Crippen LogP contribution >= 0.6 is 12.2 Å². The Morgan fingerprint density at radius 3 is 2.52 bits per heavy atom. The van der Waals surface area contributed by atoms with E-state index in [1.54, 1.807) is 0 Å². The van der Waals surface area contributed by atoms with Gasteiger partial charge in [-0.3, -0.25) is 9.36 Å². The molecule has 6 nitrogen and oxygen atoms in total. The molecule has 7 heteroatoms. The van der Waals surface area contributed by atoms with Crippen molar-refractivity contribution >= 4 is 29.3 Å². The maximum Gasteiger partial charge on any atom is 0.245 e. The lowest BCUT2D eigenvalue weighted by Gasteiger charge is -2.24. The highest BCUT2D eigenvalue weighted by atomic mass is 32.1. The van der Waals surface area contributed by atoms with Gasteiger partial charge in [0.15, 0.2) is 10.4 Å². The third-order valence-electron chi connectivity index (χ3n) is 3.90. The van der Waals surface area contributed by atoms with Crippen molar-refractivity contribution in [3.63, 3.8) is 0 Å². The number of carbonyl (C=O) groups is 1. The second-order valence-corrected chi connectivity index (χ2v) is 5.47. The fourth-order valence-electron chi connectivity index (χ4n) is 2.71. The monoisotopic (exact) mass is 309 g/mol. The Labute approximate surface area is 129 Å². The standard InChI is InChI=1S/C14H23N5OS/c1-6-17(7-2)13(20)10(5)19-12-11(15-14(19)21)9(4)16-18(12)8-3/h10H,6-8H2,1-5H3,(H,15,21). The smallest absolute Gasteiger partial charge is 0.245 e. The van der Waals surface area contributed by atoms with Crippen LogP contribution in [0.1, 0.15) is 39.4 Å². The Morgan fingerprint density at radius 1 is 1.38 bits per heavy atom. The molecule has 1 N–H and O–H groups in total. The molecule has 1 unspecified atom stereocenters. The quantitative estimate of drug-likeness (QED) is 0.864. The summed E-state index contributed by atoms with van der Waals surface area (Å²) >= 11 is 5.42. The minimum absolute atomic E-state index is 0.0820. The number of H-pyrrole nitrogens is 1. The number of amides is 1. The summed E-state index contributed by atoms with van der Waals surface area (Å²) in [6.07, 6.45) is 0. The van der Waals surface area contributed by atoms with E-state index in [9.17, 15) is 4.79 Å². The maximum atomic E-state index is 12.6. The van der Waals surface area contributed by atoms with Gasteiger partial charge < -0.3 is 9.88 Å². The van der Waals surface area contributed by atoms with E-state index >= 15 is 0 Å². The molecule has 2 rings (SSSR count). The third-order valence-corrected chi connectivity index (χ3v) is 4.20. The first kappa shape index (κ1) is 15.8. The minimum Gasteiger partial charge on any atom is -0.341 e. The molecule has 2 aromatic heterocycles. The van der Waals surface area contributed by atoms with E-state index in [-0.39, 0.29) is 11.9 Å². The second-order valence-electron chi connectivity index (χ2n) is 5.09. The molecule has 1 amide bonds. The number of rotatable bonds is 5. The maximum absolute atomic E-state index is 12.6. The summed E-state index contributed by atoms with van der Waals surface area (Å²) in [6, 6.07) is -0.340. The topological polar surface area (TPSA) is 58.9 Å². The van der Waals surface area contributed by atoms with E-state index in [0.29, 0.717) is 17.9 Å². The summed E-state index contributed by atoms with van der Waals surface area (Å²) in [7, 11) is 0. The van der Waals surface area contributed by atoms with Crippen LogP contribution in [0.2, 0.25) is 0 Å². The minimum atomic E-state index is -0.340. The Balaban J connectivity index is 2.58. The first-order valence-electron chi connectivity index (χ1n) is 7.42. The van der Waals surface area contributed by atoms with Crippen molar-refractivity contribution in [1.29, 1.82) is 0 Å². The second kappa shape index (κ2) is 6.01. The van der Waals surface area contributed by atoms with Crippen LogP contribution in [0.15, 0.2) is 0 Å². The molecule has 0 bridgehead atoms. The molecule has 0 aromatic carbocycles. The number of nitrogens with one attached hydrogen (secondary N) is 1. The lowest BCUT2D eigenvalue weighted by molar-refractivity contribution is -0.133. The molecule has 0 saturated heterocycles. The van der Waals surface area contributed by atoms with Crippen LogP contribution < -0.4 is 0 Å². The largest absolute Gasteiger partial charge is 0.341 e. The zero-order valence-electron chi connectivity index (χ0n) is 13.3. The average Bonchev–Trinajstić information content (AvgIpc) is 2.96. The molecule has 0 radical (unpaired) electrons. The number of likely N-dealkylation sites (N-methyl/N-ethyl adjacent to an activating group) is 1. The van der Waals surface area contributed by atoms with Crippen molar-refractivity contribution in [2.24, 2.45) is 0 Å². The van der Waals surface area contributed by atoms with Gasteiger partial charge >= 0.3 is 0 Å². The number of aryl methyl sites for hydroxylation is 2. The molecule has 21 heavy (non-hydrogen) atoms. The van der Waals surface area contributed by atoms with E-state index in [1.807, 2.05) is 48.8 Å². The van der Waals surface area contributed by atoms with Gasteiger partial charge in [-0.25, -0.2) is 4.68 Å². The molecular weight excluding hydrogens is 286 g/mol. The molecule has 0 aliphatic rings. The molecule has 2 heterocycles. The SMILES string of the molecule is CCN(CC)C(=O)C(C)n1c(=S)[nH]c2c(C)nn(CC)c21. The number of aromatic nitrogens is 4.